The number of fused-ring (bicyclic) bond motifs is 1. The molecule has 8 nitrogen and oxygen atoms in total. The molecule has 0 fully saturated rings. The van der Waals surface area contributed by atoms with E-state index in [1.807, 2.05) is 33.8 Å². The van der Waals surface area contributed by atoms with Crippen LogP contribution in [0.5, 0.6) is 0 Å². The van der Waals surface area contributed by atoms with E-state index < -0.39 is 9.84 Å². The molecule has 0 saturated heterocycles. The molecule has 0 amide bonds. The third-order valence-electron chi connectivity index (χ3n) is 3.42. The van der Waals surface area contributed by atoms with Gasteiger partial charge in [0.1, 0.15) is 5.75 Å². The van der Waals surface area contributed by atoms with Crippen LogP contribution in [0.25, 0.3) is 17.0 Å². The molecule has 3 heterocycles. The average Bonchev–Trinajstić information content (AvgIpc) is 3.02. The van der Waals surface area contributed by atoms with Gasteiger partial charge in [0.05, 0.1) is 17.5 Å². The SMILES string of the molecule is Cc1cc(C)n2ncc(-c3noc(CS(=O)(=O)CC(C)C)n3)c2n1. The number of hydrogen-bond donors (Lipinski definition) is 0. The van der Waals surface area contributed by atoms with Crippen LogP contribution in [0.2, 0.25) is 0 Å². The second-order valence-electron chi connectivity index (χ2n) is 6.29. The van der Waals surface area contributed by atoms with Crippen molar-refractivity contribution in [2.45, 2.75) is 33.4 Å². The lowest BCUT2D eigenvalue weighted by atomic mass is 10.3. The van der Waals surface area contributed by atoms with Gasteiger partial charge in [-0.05, 0) is 25.8 Å². The Morgan fingerprint density at radius 1 is 1.25 bits per heavy atom. The van der Waals surface area contributed by atoms with E-state index in [0.29, 0.717) is 11.2 Å². The fourth-order valence-electron chi connectivity index (χ4n) is 2.61. The van der Waals surface area contributed by atoms with Crippen LogP contribution in [0.4, 0.5) is 0 Å². The van der Waals surface area contributed by atoms with E-state index in [1.165, 1.54) is 0 Å². The van der Waals surface area contributed by atoms with Gasteiger partial charge in [-0.25, -0.2) is 17.9 Å². The minimum absolute atomic E-state index is 0.0483. The Bertz CT molecular complexity index is 988. The third-order valence-corrected chi connectivity index (χ3v) is 5.28. The Hall–Kier alpha value is -2.29. The summed E-state index contributed by atoms with van der Waals surface area (Å²) in [6, 6.07) is 1.92. The first-order valence-corrected chi connectivity index (χ1v) is 9.42. The molecule has 0 radical (unpaired) electrons. The number of hydrogen-bond acceptors (Lipinski definition) is 7. The highest BCUT2D eigenvalue weighted by molar-refractivity contribution is 7.90. The van der Waals surface area contributed by atoms with Crippen molar-refractivity contribution >= 4 is 15.5 Å². The normalized spacial score (nSPS) is 12.4. The summed E-state index contributed by atoms with van der Waals surface area (Å²) in [6.07, 6.45) is 1.60. The molecule has 3 aromatic heterocycles. The zero-order valence-corrected chi connectivity index (χ0v) is 14.8. The molecule has 3 rings (SSSR count). The maximum Gasteiger partial charge on any atom is 0.242 e. The molecule has 0 bridgehead atoms. The minimum Gasteiger partial charge on any atom is -0.338 e. The third kappa shape index (κ3) is 3.30. The van der Waals surface area contributed by atoms with E-state index in [9.17, 15) is 8.42 Å². The second-order valence-corrected chi connectivity index (χ2v) is 8.40. The highest BCUT2D eigenvalue weighted by Gasteiger charge is 2.21. The van der Waals surface area contributed by atoms with Gasteiger partial charge in [0, 0.05) is 11.4 Å². The van der Waals surface area contributed by atoms with Crippen LogP contribution >= 0.6 is 0 Å². The van der Waals surface area contributed by atoms with Crippen LogP contribution < -0.4 is 0 Å². The van der Waals surface area contributed by atoms with Gasteiger partial charge in [0.25, 0.3) is 0 Å². The Labute approximate surface area is 139 Å². The van der Waals surface area contributed by atoms with Crippen LogP contribution in [0.15, 0.2) is 16.8 Å². The molecule has 24 heavy (non-hydrogen) atoms. The average molecular weight is 349 g/mol. The van der Waals surface area contributed by atoms with E-state index in [2.05, 4.69) is 20.2 Å². The van der Waals surface area contributed by atoms with Gasteiger partial charge < -0.3 is 4.52 Å². The highest BCUT2D eigenvalue weighted by Crippen LogP contribution is 2.22. The maximum atomic E-state index is 12.1. The van der Waals surface area contributed by atoms with Crippen LogP contribution in [0, 0.1) is 19.8 Å². The molecule has 0 atom stereocenters. The molecule has 0 aliphatic heterocycles. The van der Waals surface area contributed by atoms with E-state index in [1.54, 1.807) is 10.7 Å². The predicted molar refractivity (Wildman–Crippen MR) is 88.1 cm³/mol. The maximum absolute atomic E-state index is 12.1. The zero-order valence-electron chi connectivity index (χ0n) is 14.0. The van der Waals surface area contributed by atoms with Crippen molar-refractivity contribution in [1.29, 1.82) is 0 Å². The van der Waals surface area contributed by atoms with Gasteiger partial charge in [0.2, 0.25) is 11.7 Å². The van der Waals surface area contributed by atoms with Crippen molar-refractivity contribution in [2.75, 3.05) is 5.75 Å². The van der Waals surface area contributed by atoms with Crippen molar-refractivity contribution in [3.05, 3.63) is 29.5 Å². The summed E-state index contributed by atoms with van der Waals surface area (Å²) in [6.45, 7) is 7.53. The minimum atomic E-state index is -3.28. The van der Waals surface area contributed by atoms with Crippen molar-refractivity contribution in [1.82, 2.24) is 24.7 Å². The van der Waals surface area contributed by atoms with E-state index in [0.717, 1.165) is 11.4 Å². The molecular formula is C15H19N5O3S. The van der Waals surface area contributed by atoms with Crippen LogP contribution in [-0.4, -0.2) is 38.9 Å². The Morgan fingerprint density at radius 3 is 2.71 bits per heavy atom. The molecule has 128 valence electrons. The molecule has 3 aromatic rings. The quantitative estimate of drug-likeness (QED) is 0.693. The monoisotopic (exact) mass is 349 g/mol. The molecule has 0 spiro atoms. The first kappa shape index (κ1) is 16.6. The number of aryl methyl sites for hydroxylation is 2. The molecule has 0 aromatic carbocycles. The first-order chi connectivity index (χ1) is 11.2. The number of rotatable bonds is 5. The highest BCUT2D eigenvalue weighted by atomic mass is 32.2. The fourth-order valence-corrected chi connectivity index (χ4v) is 4.23. The van der Waals surface area contributed by atoms with Crippen LogP contribution in [0.3, 0.4) is 0 Å². The Morgan fingerprint density at radius 2 is 2.00 bits per heavy atom. The van der Waals surface area contributed by atoms with Gasteiger partial charge in [-0.3, -0.25) is 0 Å². The summed E-state index contributed by atoms with van der Waals surface area (Å²) < 4.78 is 30.9. The summed E-state index contributed by atoms with van der Waals surface area (Å²) in [5, 5.41) is 8.16. The molecule has 0 saturated carbocycles. The van der Waals surface area contributed by atoms with E-state index >= 15 is 0 Å². The Kier molecular flexibility index (Phi) is 4.12. The van der Waals surface area contributed by atoms with Crippen molar-refractivity contribution < 1.29 is 12.9 Å². The summed E-state index contributed by atoms with van der Waals surface area (Å²) in [5.41, 5.74) is 3.01. The van der Waals surface area contributed by atoms with Gasteiger partial charge >= 0.3 is 0 Å². The van der Waals surface area contributed by atoms with Crippen molar-refractivity contribution in [2.24, 2.45) is 5.92 Å². The largest absolute Gasteiger partial charge is 0.338 e. The molecule has 0 N–H and O–H groups in total. The van der Waals surface area contributed by atoms with Crippen molar-refractivity contribution in [3.8, 4) is 11.4 Å². The lowest BCUT2D eigenvalue weighted by Gasteiger charge is -2.03. The van der Waals surface area contributed by atoms with Crippen LogP contribution in [0.1, 0.15) is 31.1 Å². The Balaban J connectivity index is 1.94. The predicted octanol–water partition coefficient (Wildman–Crippen LogP) is 1.97. The first-order valence-electron chi connectivity index (χ1n) is 7.60. The zero-order chi connectivity index (χ0) is 17.5. The van der Waals surface area contributed by atoms with Crippen LogP contribution in [-0.2, 0) is 15.6 Å². The number of aromatic nitrogens is 5. The summed E-state index contributed by atoms with van der Waals surface area (Å²) >= 11 is 0. The summed E-state index contributed by atoms with van der Waals surface area (Å²) in [4.78, 5) is 8.66. The van der Waals surface area contributed by atoms with Gasteiger partial charge in [0.15, 0.2) is 15.5 Å². The lowest BCUT2D eigenvalue weighted by molar-refractivity contribution is 0.389. The van der Waals surface area contributed by atoms with Gasteiger partial charge in [-0.1, -0.05) is 19.0 Å². The smallest absolute Gasteiger partial charge is 0.242 e. The summed E-state index contributed by atoms with van der Waals surface area (Å²) in [5.74, 6) is 0.239. The topological polar surface area (TPSA) is 103 Å². The van der Waals surface area contributed by atoms with E-state index in [4.69, 9.17) is 4.52 Å². The molecule has 9 heteroatoms. The molecule has 0 aliphatic rings. The molecule has 0 unspecified atom stereocenters. The standard InChI is InChI=1S/C15H19N5O3S/c1-9(2)7-24(21,22)8-13-18-14(19-23-13)12-6-16-20-11(4)5-10(3)17-15(12)20/h5-6,9H,7-8H2,1-4H3. The number of nitrogens with zero attached hydrogens (tertiary/aromatic N) is 5. The molecular weight excluding hydrogens is 330 g/mol. The van der Waals surface area contributed by atoms with E-state index in [-0.39, 0.29) is 29.1 Å². The van der Waals surface area contributed by atoms with Crippen molar-refractivity contribution in [3.63, 3.8) is 0 Å². The summed E-state index contributed by atoms with van der Waals surface area (Å²) in [7, 11) is -3.28. The molecule has 0 aliphatic carbocycles. The van der Waals surface area contributed by atoms with Gasteiger partial charge in [-0.15, -0.1) is 0 Å². The fraction of sp³-hybridized carbons (Fsp3) is 0.467. The number of sulfone groups is 1. The van der Waals surface area contributed by atoms with Gasteiger partial charge in [-0.2, -0.15) is 10.1 Å². The second kappa shape index (κ2) is 5.97. The lowest BCUT2D eigenvalue weighted by Crippen LogP contribution is -2.14.